The summed E-state index contributed by atoms with van der Waals surface area (Å²) in [6.45, 7) is 10.6. The maximum atomic E-state index is 4.73. The zero-order chi connectivity index (χ0) is 13.2. The van der Waals surface area contributed by atoms with Gasteiger partial charge in [0.25, 0.3) is 0 Å². The highest BCUT2D eigenvalue weighted by atomic mass is 15.1. The lowest BCUT2D eigenvalue weighted by molar-refractivity contribution is 0.412. The van der Waals surface area contributed by atoms with E-state index < -0.39 is 0 Å². The molecule has 0 spiro atoms. The Balaban J connectivity index is 2.33. The first kappa shape index (κ1) is 13.1. The lowest BCUT2D eigenvalue weighted by Crippen LogP contribution is -2.35. The molecule has 0 aliphatic heterocycles. The topological polar surface area (TPSA) is 29.9 Å². The van der Waals surface area contributed by atoms with E-state index in [1.54, 1.807) is 0 Å². The maximum Gasteiger partial charge on any atom is 0.123 e. The number of hydrogen-bond acceptors (Lipinski definition) is 2. The number of hydrogen-bond donors (Lipinski definition) is 1. The van der Waals surface area contributed by atoms with E-state index in [1.165, 1.54) is 5.52 Å². The summed E-state index contributed by atoms with van der Waals surface area (Å²) in [6, 6.07) is 8.37. The van der Waals surface area contributed by atoms with E-state index >= 15 is 0 Å². The highest BCUT2D eigenvalue weighted by molar-refractivity contribution is 5.75. The van der Waals surface area contributed by atoms with Crippen molar-refractivity contribution in [1.82, 2.24) is 14.9 Å². The van der Waals surface area contributed by atoms with Gasteiger partial charge in [0.15, 0.2) is 0 Å². The minimum absolute atomic E-state index is 0.120. The first-order valence-electron chi connectivity index (χ1n) is 6.70. The van der Waals surface area contributed by atoms with Gasteiger partial charge in [0, 0.05) is 12.1 Å². The van der Waals surface area contributed by atoms with Crippen LogP contribution in [0.1, 0.15) is 39.9 Å². The summed E-state index contributed by atoms with van der Waals surface area (Å²) in [7, 11) is 0. The van der Waals surface area contributed by atoms with Crippen molar-refractivity contribution in [3.8, 4) is 0 Å². The van der Waals surface area contributed by atoms with Crippen LogP contribution in [0.15, 0.2) is 24.3 Å². The number of imidazole rings is 1. The van der Waals surface area contributed by atoms with Gasteiger partial charge in [0.2, 0.25) is 0 Å². The molecule has 0 atom stereocenters. The van der Waals surface area contributed by atoms with Crippen LogP contribution in [0.2, 0.25) is 0 Å². The van der Waals surface area contributed by atoms with Gasteiger partial charge in [-0.25, -0.2) is 4.98 Å². The van der Waals surface area contributed by atoms with Gasteiger partial charge in [-0.15, -0.1) is 0 Å². The SMILES string of the molecule is CCCn1c(CNC(C)(C)C)nc2ccccc21. The van der Waals surface area contributed by atoms with E-state index in [-0.39, 0.29) is 5.54 Å². The third-order valence-corrected chi connectivity index (χ3v) is 2.96. The smallest absolute Gasteiger partial charge is 0.123 e. The Kier molecular flexibility index (Phi) is 3.71. The third kappa shape index (κ3) is 2.91. The van der Waals surface area contributed by atoms with Gasteiger partial charge in [-0.05, 0) is 39.3 Å². The van der Waals surface area contributed by atoms with Crippen LogP contribution in [0.3, 0.4) is 0 Å². The summed E-state index contributed by atoms with van der Waals surface area (Å²) < 4.78 is 2.33. The number of benzene rings is 1. The number of nitrogens with one attached hydrogen (secondary N) is 1. The van der Waals surface area contributed by atoms with Crippen LogP contribution in [0, 0.1) is 0 Å². The van der Waals surface area contributed by atoms with Crippen LogP contribution in [0.25, 0.3) is 11.0 Å². The number of aryl methyl sites for hydroxylation is 1. The van der Waals surface area contributed by atoms with Crippen molar-refractivity contribution in [1.29, 1.82) is 0 Å². The fourth-order valence-electron chi connectivity index (χ4n) is 2.08. The molecule has 0 fully saturated rings. The first-order valence-corrected chi connectivity index (χ1v) is 6.70. The van der Waals surface area contributed by atoms with E-state index in [4.69, 9.17) is 4.98 Å². The molecular formula is C15H23N3. The molecule has 3 heteroatoms. The molecule has 18 heavy (non-hydrogen) atoms. The largest absolute Gasteiger partial charge is 0.327 e. The molecule has 0 saturated heterocycles. The highest BCUT2D eigenvalue weighted by Gasteiger charge is 2.13. The number of aromatic nitrogens is 2. The molecule has 3 nitrogen and oxygen atoms in total. The molecule has 2 rings (SSSR count). The average molecular weight is 245 g/mol. The van der Waals surface area contributed by atoms with Crippen LogP contribution in [0.5, 0.6) is 0 Å². The van der Waals surface area contributed by atoms with Gasteiger partial charge in [-0.3, -0.25) is 0 Å². The Morgan fingerprint density at radius 2 is 1.94 bits per heavy atom. The van der Waals surface area contributed by atoms with Crippen molar-refractivity contribution in [3.05, 3.63) is 30.1 Å². The van der Waals surface area contributed by atoms with Crippen molar-refractivity contribution in [2.75, 3.05) is 0 Å². The van der Waals surface area contributed by atoms with Gasteiger partial charge < -0.3 is 9.88 Å². The summed E-state index contributed by atoms with van der Waals surface area (Å²) >= 11 is 0. The summed E-state index contributed by atoms with van der Waals surface area (Å²) in [4.78, 5) is 4.73. The van der Waals surface area contributed by atoms with Crippen LogP contribution in [-0.2, 0) is 13.1 Å². The molecule has 1 N–H and O–H groups in total. The van der Waals surface area contributed by atoms with Crippen molar-refractivity contribution in [2.24, 2.45) is 0 Å². The van der Waals surface area contributed by atoms with Crippen molar-refractivity contribution >= 4 is 11.0 Å². The standard InChI is InChI=1S/C15H23N3/c1-5-10-18-13-9-7-6-8-12(13)17-14(18)11-16-15(2,3)4/h6-9,16H,5,10-11H2,1-4H3. The van der Waals surface area contributed by atoms with Crippen LogP contribution in [-0.4, -0.2) is 15.1 Å². The number of para-hydroxylation sites is 2. The Labute approximate surface area is 109 Å². The van der Waals surface area contributed by atoms with Crippen LogP contribution >= 0.6 is 0 Å². The average Bonchev–Trinajstić information content (AvgIpc) is 2.65. The highest BCUT2D eigenvalue weighted by Crippen LogP contribution is 2.17. The molecule has 1 aromatic carbocycles. The lowest BCUT2D eigenvalue weighted by Gasteiger charge is -2.20. The zero-order valence-corrected chi connectivity index (χ0v) is 11.8. The molecule has 0 radical (unpaired) electrons. The zero-order valence-electron chi connectivity index (χ0n) is 11.8. The second-order valence-corrected chi connectivity index (χ2v) is 5.77. The predicted molar refractivity (Wildman–Crippen MR) is 76.6 cm³/mol. The van der Waals surface area contributed by atoms with Gasteiger partial charge in [-0.1, -0.05) is 19.1 Å². The van der Waals surface area contributed by atoms with Crippen molar-refractivity contribution in [3.63, 3.8) is 0 Å². The number of fused-ring (bicyclic) bond motifs is 1. The Morgan fingerprint density at radius 3 is 2.61 bits per heavy atom. The van der Waals surface area contributed by atoms with E-state index in [9.17, 15) is 0 Å². The molecule has 1 heterocycles. The molecule has 0 aliphatic carbocycles. The van der Waals surface area contributed by atoms with E-state index in [2.05, 4.69) is 55.8 Å². The molecule has 2 aromatic rings. The van der Waals surface area contributed by atoms with Crippen molar-refractivity contribution < 1.29 is 0 Å². The third-order valence-electron chi connectivity index (χ3n) is 2.96. The second-order valence-electron chi connectivity index (χ2n) is 5.77. The van der Waals surface area contributed by atoms with E-state index in [1.807, 2.05) is 6.07 Å². The van der Waals surface area contributed by atoms with Gasteiger partial charge in [0.05, 0.1) is 17.6 Å². The molecular weight excluding hydrogens is 222 g/mol. The molecule has 98 valence electrons. The van der Waals surface area contributed by atoms with Crippen LogP contribution < -0.4 is 5.32 Å². The van der Waals surface area contributed by atoms with Crippen LogP contribution in [0.4, 0.5) is 0 Å². The summed E-state index contributed by atoms with van der Waals surface area (Å²) in [5.74, 6) is 1.13. The lowest BCUT2D eigenvalue weighted by atomic mass is 10.1. The fraction of sp³-hybridized carbons (Fsp3) is 0.533. The maximum absolute atomic E-state index is 4.73. The van der Waals surface area contributed by atoms with E-state index in [0.717, 1.165) is 30.9 Å². The predicted octanol–water partition coefficient (Wildman–Crippen LogP) is 3.33. The fourth-order valence-corrected chi connectivity index (χ4v) is 2.08. The normalized spacial score (nSPS) is 12.2. The van der Waals surface area contributed by atoms with Gasteiger partial charge in [0.1, 0.15) is 5.82 Å². The van der Waals surface area contributed by atoms with Gasteiger partial charge >= 0.3 is 0 Å². The first-order chi connectivity index (χ1) is 8.51. The Morgan fingerprint density at radius 1 is 1.22 bits per heavy atom. The van der Waals surface area contributed by atoms with Gasteiger partial charge in [-0.2, -0.15) is 0 Å². The monoisotopic (exact) mass is 245 g/mol. The minimum atomic E-state index is 0.120. The molecule has 0 bridgehead atoms. The second kappa shape index (κ2) is 5.11. The molecule has 0 unspecified atom stereocenters. The summed E-state index contributed by atoms with van der Waals surface area (Å²) in [6.07, 6.45) is 1.13. The molecule has 0 amide bonds. The molecule has 0 saturated carbocycles. The summed E-state index contributed by atoms with van der Waals surface area (Å²) in [5, 5.41) is 3.51. The Hall–Kier alpha value is -1.35. The van der Waals surface area contributed by atoms with E-state index in [0.29, 0.717) is 0 Å². The summed E-state index contributed by atoms with van der Waals surface area (Å²) in [5.41, 5.74) is 2.46. The number of nitrogens with zero attached hydrogens (tertiary/aromatic N) is 2. The minimum Gasteiger partial charge on any atom is -0.327 e. The quantitative estimate of drug-likeness (QED) is 0.895. The molecule has 1 aromatic heterocycles. The number of rotatable bonds is 4. The Bertz CT molecular complexity index is 520. The van der Waals surface area contributed by atoms with Crippen molar-refractivity contribution in [2.45, 2.75) is 52.7 Å². The molecule has 0 aliphatic rings.